The Morgan fingerprint density at radius 3 is 2.11 bits per heavy atom. The van der Waals surface area contributed by atoms with E-state index in [0.29, 0.717) is 0 Å². The van der Waals surface area contributed by atoms with Crippen molar-refractivity contribution in [2.24, 2.45) is 10.8 Å². The third kappa shape index (κ3) is 7.45. The number of aromatic nitrogens is 2. The smallest absolute Gasteiger partial charge is 0.164 e. The van der Waals surface area contributed by atoms with E-state index < -0.39 is 0 Å². The Balaban J connectivity index is 0.000000286. The van der Waals surface area contributed by atoms with Crippen LogP contribution in [0.2, 0.25) is 0 Å². The van der Waals surface area contributed by atoms with Crippen LogP contribution in [0.3, 0.4) is 0 Å². The number of fused-ring (bicyclic) bond motifs is 5. The maximum Gasteiger partial charge on any atom is 0.164 e. The second kappa shape index (κ2) is 14.1. The number of rotatable bonds is 7. The SMILES string of the molecule is CCC(C)(C)C(=O)/C=C(\O)C(C)(C)CC.CCc1nc(-c2[c-]c(C)cc(C)c2)c2ccc3ccc4ccccc4c3c2n1.[Ir]. The summed E-state index contributed by atoms with van der Waals surface area (Å²) < 4.78 is 0. The van der Waals surface area contributed by atoms with Crippen molar-refractivity contribution >= 4 is 38.2 Å². The largest absolute Gasteiger partial charge is 0.512 e. The maximum absolute atomic E-state index is 11.8. The van der Waals surface area contributed by atoms with Gasteiger partial charge in [-0.15, -0.1) is 34.9 Å². The van der Waals surface area contributed by atoms with Crippen LogP contribution in [0.25, 0.3) is 43.7 Å². The predicted molar refractivity (Wildman–Crippen MR) is 182 cm³/mol. The number of ketones is 1. The number of nitrogens with zero attached hydrogens (tertiary/aromatic N) is 2. The van der Waals surface area contributed by atoms with Crippen LogP contribution in [0.4, 0.5) is 0 Å². The van der Waals surface area contributed by atoms with Gasteiger partial charge in [-0.3, -0.25) is 9.78 Å². The first kappa shape index (κ1) is 35.1. The molecule has 5 rings (SSSR count). The Labute approximate surface area is 276 Å². The van der Waals surface area contributed by atoms with E-state index in [-0.39, 0.29) is 42.5 Å². The number of aliphatic hydroxyl groups excluding tert-OH is 1. The molecule has 44 heavy (non-hydrogen) atoms. The predicted octanol–water partition coefficient (Wildman–Crippen LogP) is 10.4. The molecule has 0 unspecified atom stereocenters. The van der Waals surface area contributed by atoms with Crippen LogP contribution in [0.1, 0.15) is 78.3 Å². The second-order valence-electron chi connectivity index (χ2n) is 12.8. The Hall–Kier alpha value is -3.40. The molecule has 233 valence electrons. The van der Waals surface area contributed by atoms with Gasteiger partial charge in [0.1, 0.15) is 11.6 Å². The van der Waals surface area contributed by atoms with Gasteiger partial charge in [0, 0.05) is 48.8 Å². The molecule has 0 fully saturated rings. The van der Waals surface area contributed by atoms with Gasteiger partial charge in [-0.05, 0) is 40.1 Å². The monoisotopic (exact) mass is 766 g/mol. The average Bonchev–Trinajstić information content (AvgIpc) is 2.99. The Kier molecular flexibility index (Phi) is 11.3. The molecule has 0 amide bonds. The molecule has 0 aliphatic heterocycles. The molecule has 0 saturated heterocycles. The summed E-state index contributed by atoms with van der Waals surface area (Å²) in [6, 6.07) is 25.1. The summed E-state index contributed by atoms with van der Waals surface area (Å²) in [4.78, 5) is 21.7. The number of aliphatic hydroxyl groups is 1. The Morgan fingerprint density at radius 1 is 0.841 bits per heavy atom. The van der Waals surface area contributed by atoms with Crippen LogP contribution in [0, 0.1) is 30.7 Å². The van der Waals surface area contributed by atoms with Crippen molar-refractivity contribution in [3.8, 4) is 11.3 Å². The molecule has 0 spiro atoms. The van der Waals surface area contributed by atoms with Crippen molar-refractivity contribution in [2.75, 3.05) is 0 Å². The fourth-order valence-electron chi connectivity index (χ4n) is 4.99. The van der Waals surface area contributed by atoms with Crippen LogP contribution >= 0.6 is 0 Å². The van der Waals surface area contributed by atoms with Crippen molar-refractivity contribution in [3.05, 3.63) is 95.5 Å². The summed E-state index contributed by atoms with van der Waals surface area (Å²) in [6.45, 7) is 18.0. The van der Waals surface area contributed by atoms with Crippen molar-refractivity contribution in [1.82, 2.24) is 9.97 Å². The number of carbonyl (C=O) groups excluding carboxylic acids is 1. The zero-order chi connectivity index (χ0) is 31.5. The summed E-state index contributed by atoms with van der Waals surface area (Å²) in [5, 5.41) is 15.8. The van der Waals surface area contributed by atoms with E-state index in [0.717, 1.165) is 52.8 Å². The standard InChI is InChI=1S/C26H21N2.C13H24O2.Ir/c1-4-23-27-25(20-14-16(2)13-17(3)15-20)22-12-11-19-10-9-18-7-5-6-8-21(18)24(19)26(22)28-23;1-7-12(3,4)10(14)9-11(15)13(5,6)8-2;/h5-14H,4H2,1-3H3;9,14H,7-8H2,1-6H3;/q-1;;/b;10-9-;. The van der Waals surface area contributed by atoms with Crippen molar-refractivity contribution in [3.63, 3.8) is 0 Å². The molecular weight excluding hydrogens is 721 g/mol. The van der Waals surface area contributed by atoms with E-state index in [1.165, 1.54) is 33.2 Å². The molecule has 1 N–H and O–H groups in total. The van der Waals surface area contributed by atoms with E-state index in [1.54, 1.807) is 0 Å². The molecule has 4 aromatic carbocycles. The summed E-state index contributed by atoms with van der Waals surface area (Å²) in [7, 11) is 0. The molecule has 1 aromatic heterocycles. The average molecular weight is 766 g/mol. The van der Waals surface area contributed by atoms with E-state index in [1.807, 2.05) is 41.5 Å². The number of carbonyl (C=O) groups is 1. The third-order valence-electron chi connectivity index (χ3n) is 8.73. The Morgan fingerprint density at radius 2 is 1.48 bits per heavy atom. The van der Waals surface area contributed by atoms with Gasteiger partial charge >= 0.3 is 0 Å². The quantitative estimate of drug-likeness (QED) is 0.0776. The molecule has 0 atom stereocenters. The molecule has 0 saturated carbocycles. The van der Waals surface area contributed by atoms with Crippen LogP contribution in [-0.2, 0) is 31.3 Å². The fraction of sp³-hybridized carbons (Fsp3) is 0.359. The van der Waals surface area contributed by atoms with Gasteiger partial charge in [-0.1, -0.05) is 111 Å². The topological polar surface area (TPSA) is 63.1 Å². The van der Waals surface area contributed by atoms with E-state index in [9.17, 15) is 9.90 Å². The number of benzene rings is 4. The minimum absolute atomic E-state index is 0. The van der Waals surface area contributed by atoms with Crippen molar-refractivity contribution in [2.45, 2.75) is 81.6 Å². The molecule has 0 bridgehead atoms. The van der Waals surface area contributed by atoms with E-state index in [2.05, 4.69) is 87.5 Å². The van der Waals surface area contributed by atoms with Gasteiger partial charge in [0.2, 0.25) is 0 Å². The summed E-state index contributed by atoms with van der Waals surface area (Å²) in [5.74, 6) is 1.07. The number of hydrogen-bond acceptors (Lipinski definition) is 4. The zero-order valence-corrected chi connectivity index (χ0v) is 30.0. The Bertz CT molecular complexity index is 1820. The van der Waals surface area contributed by atoms with Gasteiger partial charge in [0.15, 0.2) is 5.78 Å². The van der Waals surface area contributed by atoms with Gasteiger partial charge in [-0.2, -0.15) is 0 Å². The number of allylic oxidation sites excluding steroid dienone is 2. The van der Waals surface area contributed by atoms with Crippen molar-refractivity contribution < 1.29 is 30.0 Å². The van der Waals surface area contributed by atoms with Crippen molar-refractivity contribution in [1.29, 1.82) is 0 Å². The number of aryl methyl sites for hydroxylation is 3. The van der Waals surface area contributed by atoms with Gasteiger partial charge < -0.3 is 5.11 Å². The van der Waals surface area contributed by atoms with Gasteiger partial charge in [0.05, 0.1) is 5.52 Å². The zero-order valence-electron chi connectivity index (χ0n) is 27.6. The molecule has 4 nitrogen and oxygen atoms in total. The van der Waals surface area contributed by atoms with Crippen LogP contribution in [0.15, 0.2) is 72.5 Å². The maximum atomic E-state index is 11.8. The first-order valence-electron chi connectivity index (χ1n) is 15.4. The third-order valence-corrected chi connectivity index (χ3v) is 8.73. The van der Waals surface area contributed by atoms with Crippen LogP contribution in [0.5, 0.6) is 0 Å². The van der Waals surface area contributed by atoms with Crippen LogP contribution in [-0.4, -0.2) is 20.9 Å². The first-order valence-corrected chi connectivity index (χ1v) is 15.4. The normalized spacial score (nSPS) is 12.2. The summed E-state index contributed by atoms with van der Waals surface area (Å²) >= 11 is 0. The fourth-order valence-corrected chi connectivity index (χ4v) is 4.99. The second-order valence-corrected chi connectivity index (χ2v) is 12.8. The van der Waals surface area contributed by atoms with E-state index >= 15 is 0 Å². The molecule has 1 heterocycles. The molecule has 5 aromatic rings. The molecule has 0 aliphatic rings. The van der Waals surface area contributed by atoms with Gasteiger partial charge in [0.25, 0.3) is 0 Å². The van der Waals surface area contributed by atoms with Gasteiger partial charge in [-0.25, -0.2) is 4.98 Å². The minimum atomic E-state index is -0.377. The minimum Gasteiger partial charge on any atom is -0.512 e. The number of hydrogen-bond donors (Lipinski definition) is 1. The summed E-state index contributed by atoms with van der Waals surface area (Å²) in [5.41, 5.74) is 4.72. The first-order chi connectivity index (χ1) is 20.3. The van der Waals surface area contributed by atoms with E-state index in [4.69, 9.17) is 9.97 Å². The summed E-state index contributed by atoms with van der Waals surface area (Å²) in [6.07, 6.45) is 3.79. The molecular formula is C39H45IrN2O2-. The molecule has 0 aliphatic carbocycles. The van der Waals surface area contributed by atoms with Crippen LogP contribution < -0.4 is 0 Å². The molecule has 1 radical (unpaired) electrons. The molecule has 5 heteroatoms.